The zero-order valence-corrected chi connectivity index (χ0v) is 10.6. The average Bonchev–Trinajstić information content (AvgIpc) is 2.36. The SMILES string of the molecule is CCOC(=O)c1cc(OC)cc(CC)c1C(=O)O. The van der Waals surface area contributed by atoms with E-state index in [0.29, 0.717) is 17.7 Å². The van der Waals surface area contributed by atoms with Gasteiger partial charge in [-0.05, 0) is 31.0 Å². The Labute approximate surface area is 105 Å². The molecule has 0 aliphatic carbocycles. The maximum absolute atomic E-state index is 11.8. The van der Waals surface area contributed by atoms with E-state index in [2.05, 4.69) is 0 Å². The summed E-state index contributed by atoms with van der Waals surface area (Å²) in [6.07, 6.45) is 0.491. The molecule has 0 saturated carbocycles. The summed E-state index contributed by atoms with van der Waals surface area (Å²) >= 11 is 0. The number of carboxylic acid groups (broad SMARTS) is 1. The van der Waals surface area contributed by atoms with Crippen molar-refractivity contribution < 1.29 is 24.2 Å². The number of benzene rings is 1. The van der Waals surface area contributed by atoms with Gasteiger partial charge in [0.05, 0.1) is 24.8 Å². The summed E-state index contributed by atoms with van der Waals surface area (Å²) in [6.45, 7) is 3.67. The molecule has 0 aromatic heterocycles. The largest absolute Gasteiger partial charge is 0.497 e. The number of hydrogen-bond donors (Lipinski definition) is 1. The number of esters is 1. The number of carbonyl (C=O) groups excluding carboxylic acids is 1. The number of rotatable bonds is 5. The number of carboxylic acids is 1. The van der Waals surface area contributed by atoms with Gasteiger partial charge in [-0.1, -0.05) is 6.92 Å². The van der Waals surface area contributed by atoms with Crippen LogP contribution in [-0.4, -0.2) is 30.8 Å². The van der Waals surface area contributed by atoms with Crippen LogP contribution >= 0.6 is 0 Å². The van der Waals surface area contributed by atoms with Crippen LogP contribution in [0.5, 0.6) is 5.75 Å². The number of aryl methyl sites for hydroxylation is 1. The van der Waals surface area contributed by atoms with Gasteiger partial charge in [-0.25, -0.2) is 9.59 Å². The van der Waals surface area contributed by atoms with Crippen molar-refractivity contribution in [2.45, 2.75) is 20.3 Å². The van der Waals surface area contributed by atoms with Gasteiger partial charge in [0.25, 0.3) is 0 Å². The van der Waals surface area contributed by atoms with Gasteiger partial charge in [-0.15, -0.1) is 0 Å². The Morgan fingerprint density at radius 2 is 1.94 bits per heavy atom. The van der Waals surface area contributed by atoms with Gasteiger partial charge in [-0.2, -0.15) is 0 Å². The predicted molar refractivity (Wildman–Crippen MR) is 65.3 cm³/mol. The molecule has 0 fully saturated rings. The van der Waals surface area contributed by atoms with Gasteiger partial charge in [0.15, 0.2) is 0 Å². The van der Waals surface area contributed by atoms with Crippen molar-refractivity contribution in [3.05, 3.63) is 28.8 Å². The van der Waals surface area contributed by atoms with Crippen LogP contribution in [0.15, 0.2) is 12.1 Å². The van der Waals surface area contributed by atoms with Crippen LogP contribution in [0.3, 0.4) is 0 Å². The quantitative estimate of drug-likeness (QED) is 0.813. The number of carbonyl (C=O) groups is 2. The topological polar surface area (TPSA) is 72.8 Å². The zero-order chi connectivity index (χ0) is 13.7. The summed E-state index contributed by atoms with van der Waals surface area (Å²) in [7, 11) is 1.46. The molecule has 0 aliphatic heterocycles. The molecule has 0 radical (unpaired) electrons. The molecule has 18 heavy (non-hydrogen) atoms. The fourth-order valence-corrected chi connectivity index (χ4v) is 1.69. The summed E-state index contributed by atoms with van der Waals surface area (Å²) in [6, 6.07) is 3.01. The lowest BCUT2D eigenvalue weighted by Crippen LogP contribution is -2.14. The van der Waals surface area contributed by atoms with Crippen molar-refractivity contribution in [3.8, 4) is 5.75 Å². The second-order valence-corrected chi connectivity index (χ2v) is 3.59. The van der Waals surface area contributed by atoms with E-state index in [1.54, 1.807) is 13.0 Å². The van der Waals surface area contributed by atoms with Gasteiger partial charge in [0, 0.05) is 0 Å². The van der Waals surface area contributed by atoms with Crippen LogP contribution in [0, 0.1) is 0 Å². The molecule has 0 atom stereocenters. The molecule has 1 rings (SSSR count). The number of aromatic carboxylic acids is 1. The lowest BCUT2D eigenvalue weighted by Gasteiger charge is -2.12. The fraction of sp³-hybridized carbons (Fsp3) is 0.385. The van der Waals surface area contributed by atoms with Gasteiger partial charge in [0.1, 0.15) is 5.75 Å². The minimum Gasteiger partial charge on any atom is -0.497 e. The minimum absolute atomic E-state index is 0.0169. The predicted octanol–water partition coefficient (Wildman–Crippen LogP) is 2.13. The van der Waals surface area contributed by atoms with E-state index < -0.39 is 11.9 Å². The molecule has 0 unspecified atom stereocenters. The molecule has 0 aliphatic rings. The number of hydrogen-bond acceptors (Lipinski definition) is 4. The summed E-state index contributed by atoms with van der Waals surface area (Å²) in [4.78, 5) is 23.0. The molecule has 1 N–H and O–H groups in total. The summed E-state index contributed by atoms with van der Waals surface area (Å²) < 4.78 is 9.92. The molecule has 0 heterocycles. The maximum Gasteiger partial charge on any atom is 0.339 e. The first-order valence-corrected chi connectivity index (χ1v) is 5.66. The lowest BCUT2D eigenvalue weighted by atomic mass is 9.98. The van der Waals surface area contributed by atoms with Gasteiger partial charge < -0.3 is 14.6 Å². The van der Waals surface area contributed by atoms with Crippen LogP contribution in [0.1, 0.15) is 40.1 Å². The lowest BCUT2D eigenvalue weighted by molar-refractivity contribution is 0.0513. The second kappa shape index (κ2) is 6.05. The average molecular weight is 252 g/mol. The molecule has 5 nitrogen and oxygen atoms in total. The van der Waals surface area contributed by atoms with Crippen LogP contribution in [-0.2, 0) is 11.2 Å². The zero-order valence-electron chi connectivity index (χ0n) is 10.6. The first kappa shape index (κ1) is 14.0. The molecule has 0 amide bonds. The highest BCUT2D eigenvalue weighted by Crippen LogP contribution is 2.24. The normalized spacial score (nSPS) is 9.94. The Hall–Kier alpha value is -2.04. The molecular weight excluding hydrogens is 236 g/mol. The fourth-order valence-electron chi connectivity index (χ4n) is 1.69. The molecule has 5 heteroatoms. The van der Waals surface area contributed by atoms with Gasteiger partial charge in [0.2, 0.25) is 0 Å². The first-order valence-electron chi connectivity index (χ1n) is 5.66. The third-order valence-corrected chi connectivity index (χ3v) is 2.52. The smallest absolute Gasteiger partial charge is 0.339 e. The minimum atomic E-state index is -1.14. The van der Waals surface area contributed by atoms with E-state index in [0.717, 1.165) is 0 Å². The highest BCUT2D eigenvalue weighted by molar-refractivity contribution is 6.03. The van der Waals surface area contributed by atoms with Crippen molar-refractivity contribution >= 4 is 11.9 Å². The van der Waals surface area contributed by atoms with Gasteiger partial charge >= 0.3 is 11.9 Å². The van der Waals surface area contributed by atoms with E-state index in [4.69, 9.17) is 9.47 Å². The van der Waals surface area contributed by atoms with Crippen molar-refractivity contribution in [3.63, 3.8) is 0 Å². The highest BCUT2D eigenvalue weighted by atomic mass is 16.5. The van der Waals surface area contributed by atoms with Crippen molar-refractivity contribution in [1.82, 2.24) is 0 Å². The van der Waals surface area contributed by atoms with Crippen LogP contribution in [0.4, 0.5) is 0 Å². The van der Waals surface area contributed by atoms with Crippen LogP contribution in [0.25, 0.3) is 0 Å². The number of ether oxygens (including phenoxy) is 2. The third-order valence-electron chi connectivity index (χ3n) is 2.52. The van der Waals surface area contributed by atoms with E-state index in [1.807, 2.05) is 6.92 Å². The Balaban J connectivity index is 3.43. The van der Waals surface area contributed by atoms with E-state index in [9.17, 15) is 14.7 Å². The number of methoxy groups -OCH3 is 1. The molecule has 1 aromatic carbocycles. The highest BCUT2D eigenvalue weighted by Gasteiger charge is 2.22. The summed E-state index contributed by atoms with van der Waals surface area (Å²) in [5.74, 6) is -1.35. The second-order valence-electron chi connectivity index (χ2n) is 3.59. The molecule has 1 aromatic rings. The van der Waals surface area contributed by atoms with Crippen molar-refractivity contribution in [1.29, 1.82) is 0 Å². The molecule has 0 spiro atoms. The maximum atomic E-state index is 11.8. The standard InChI is InChI=1S/C13H16O5/c1-4-8-6-9(17-3)7-10(11(8)12(14)15)13(16)18-5-2/h6-7H,4-5H2,1-3H3,(H,14,15). The molecule has 0 saturated heterocycles. The monoisotopic (exact) mass is 252 g/mol. The van der Waals surface area contributed by atoms with Crippen molar-refractivity contribution in [2.75, 3.05) is 13.7 Å². The first-order chi connectivity index (χ1) is 8.54. The third kappa shape index (κ3) is 2.80. The van der Waals surface area contributed by atoms with Crippen LogP contribution in [0.2, 0.25) is 0 Å². The molecule has 0 bridgehead atoms. The van der Waals surface area contributed by atoms with Crippen LogP contribution < -0.4 is 4.74 Å². The Bertz CT molecular complexity index is 465. The molecule has 98 valence electrons. The summed E-state index contributed by atoms with van der Waals surface area (Å²) in [5.41, 5.74) is 0.558. The molecular formula is C13H16O5. The van der Waals surface area contributed by atoms with Gasteiger partial charge in [-0.3, -0.25) is 0 Å². The van der Waals surface area contributed by atoms with Crippen molar-refractivity contribution in [2.24, 2.45) is 0 Å². The van der Waals surface area contributed by atoms with E-state index >= 15 is 0 Å². The van der Waals surface area contributed by atoms with E-state index in [-0.39, 0.29) is 17.7 Å². The van der Waals surface area contributed by atoms with E-state index in [1.165, 1.54) is 13.2 Å². The Morgan fingerprint density at radius 3 is 2.39 bits per heavy atom. The summed E-state index contributed by atoms with van der Waals surface area (Å²) in [5, 5.41) is 9.21. The Morgan fingerprint density at radius 1 is 1.28 bits per heavy atom. The Kier molecular flexibility index (Phi) is 4.71.